The van der Waals surface area contributed by atoms with Crippen LogP contribution in [-0.2, 0) is 6.42 Å². The van der Waals surface area contributed by atoms with E-state index in [1.807, 2.05) is 13.0 Å². The zero-order valence-corrected chi connectivity index (χ0v) is 9.36. The van der Waals surface area contributed by atoms with Gasteiger partial charge in [0.1, 0.15) is 0 Å². The van der Waals surface area contributed by atoms with Crippen molar-refractivity contribution in [1.29, 1.82) is 0 Å². The van der Waals surface area contributed by atoms with Crippen LogP contribution in [0.3, 0.4) is 0 Å². The number of hydrogen-bond donors (Lipinski definition) is 1. The fourth-order valence-electron chi connectivity index (χ4n) is 1.22. The van der Waals surface area contributed by atoms with Crippen molar-refractivity contribution in [3.05, 3.63) is 45.9 Å². The lowest BCUT2D eigenvalue weighted by atomic mass is 10.0. The van der Waals surface area contributed by atoms with Gasteiger partial charge in [0, 0.05) is 6.42 Å². The van der Waals surface area contributed by atoms with Gasteiger partial charge in [-0.05, 0) is 42.4 Å². The molecule has 0 fully saturated rings. The van der Waals surface area contributed by atoms with Gasteiger partial charge in [-0.15, -0.1) is 12.6 Å². The molecular weight excluding hydrogens is 176 g/mol. The SMILES string of the molecule is C/C=C(/S)Cc1ccc(C)c(C)c1. The maximum absolute atomic E-state index is 4.36. The summed E-state index contributed by atoms with van der Waals surface area (Å²) < 4.78 is 0. The van der Waals surface area contributed by atoms with Gasteiger partial charge in [0.05, 0.1) is 0 Å². The van der Waals surface area contributed by atoms with Crippen LogP contribution in [0.4, 0.5) is 0 Å². The van der Waals surface area contributed by atoms with Gasteiger partial charge in [-0.2, -0.15) is 0 Å². The van der Waals surface area contributed by atoms with Crippen LogP contribution < -0.4 is 0 Å². The molecule has 1 rings (SSSR count). The minimum atomic E-state index is 0.945. The first kappa shape index (κ1) is 10.4. The second kappa shape index (κ2) is 4.52. The van der Waals surface area contributed by atoms with Crippen molar-refractivity contribution < 1.29 is 0 Å². The lowest BCUT2D eigenvalue weighted by Gasteiger charge is -2.04. The molecule has 70 valence electrons. The van der Waals surface area contributed by atoms with E-state index in [4.69, 9.17) is 0 Å². The Morgan fingerprint density at radius 1 is 1.31 bits per heavy atom. The third-order valence-electron chi connectivity index (χ3n) is 2.29. The summed E-state index contributed by atoms with van der Waals surface area (Å²) in [6, 6.07) is 6.57. The number of hydrogen-bond acceptors (Lipinski definition) is 1. The van der Waals surface area contributed by atoms with Crippen LogP contribution in [0.2, 0.25) is 0 Å². The highest BCUT2D eigenvalue weighted by molar-refractivity contribution is 7.84. The molecule has 0 spiro atoms. The summed E-state index contributed by atoms with van der Waals surface area (Å²) in [4.78, 5) is 1.13. The molecule has 0 atom stereocenters. The summed E-state index contributed by atoms with van der Waals surface area (Å²) in [6.07, 6.45) is 2.99. The van der Waals surface area contributed by atoms with Crippen molar-refractivity contribution in [3.63, 3.8) is 0 Å². The van der Waals surface area contributed by atoms with Gasteiger partial charge >= 0.3 is 0 Å². The summed E-state index contributed by atoms with van der Waals surface area (Å²) in [5.41, 5.74) is 4.05. The van der Waals surface area contributed by atoms with E-state index in [0.717, 1.165) is 11.3 Å². The Labute approximate surface area is 86.1 Å². The molecule has 0 amide bonds. The molecule has 1 heteroatoms. The molecule has 0 nitrogen and oxygen atoms in total. The van der Waals surface area contributed by atoms with E-state index in [9.17, 15) is 0 Å². The summed E-state index contributed by atoms with van der Waals surface area (Å²) in [5, 5.41) is 0. The number of aryl methyl sites for hydroxylation is 2. The third kappa shape index (κ3) is 2.92. The van der Waals surface area contributed by atoms with Crippen LogP contribution in [0.5, 0.6) is 0 Å². The number of thiol groups is 1. The molecule has 0 aliphatic heterocycles. The highest BCUT2D eigenvalue weighted by atomic mass is 32.1. The highest BCUT2D eigenvalue weighted by Gasteiger charge is 1.97. The van der Waals surface area contributed by atoms with E-state index in [0.29, 0.717) is 0 Å². The summed E-state index contributed by atoms with van der Waals surface area (Å²) in [5.74, 6) is 0. The van der Waals surface area contributed by atoms with Gasteiger partial charge in [-0.3, -0.25) is 0 Å². The highest BCUT2D eigenvalue weighted by Crippen LogP contribution is 2.14. The zero-order chi connectivity index (χ0) is 9.84. The van der Waals surface area contributed by atoms with Crippen LogP contribution in [0.15, 0.2) is 29.2 Å². The Morgan fingerprint density at radius 3 is 2.54 bits per heavy atom. The first-order chi connectivity index (χ1) is 6.13. The van der Waals surface area contributed by atoms with Crippen LogP contribution in [-0.4, -0.2) is 0 Å². The molecule has 0 aliphatic carbocycles. The van der Waals surface area contributed by atoms with E-state index in [-0.39, 0.29) is 0 Å². The molecule has 13 heavy (non-hydrogen) atoms. The first-order valence-electron chi connectivity index (χ1n) is 4.53. The molecule has 0 saturated carbocycles. The number of allylic oxidation sites excluding steroid dienone is 2. The number of rotatable bonds is 2. The van der Waals surface area contributed by atoms with Crippen molar-refractivity contribution in [3.8, 4) is 0 Å². The third-order valence-corrected chi connectivity index (χ3v) is 2.71. The van der Waals surface area contributed by atoms with Crippen LogP contribution in [0.1, 0.15) is 23.6 Å². The number of benzene rings is 1. The maximum Gasteiger partial charge on any atom is 0.00286 e. The van der Waals surface area contributed by atoms with Crippen molar-refractivity contribution in [1.82, 2.24) is 0 Å². The van der Waals surface area contributed by atoms with Crippen molar-refractivity contribution in [2.45, 2.75) is 27.2 Å². The van der Waals surface area contributed by atoms with E-state index < -0.39 is 0 Å². The minimum Gasteiger partial charge on any atom is -0.148 e. The Hall–Kier alpha value is -0.690. The molecular formula is C12H16S. The molecule has 0 unspecified atom stereocenters. The van der Waals surface area contributed by atoms with Gasteiger partial charge in [-0.1, -0.05) is 24.3 Å². The topological polar surface area (TPSA) is 0 Å². The quantitative estimate of drug-likeness (QED) is 0.679. The summed E-state index contributed by atoms with van der Waals surface area (Å²) >= 11 is 4.36. The molecule has 0 aliphatic rings. The Bertz CT molecular complexity index is 324. The van der Waals surface area contributed by atoms with E-state index >= 15 is 0 Å². The van der Waals surface area contributed by atoms with Gasteiger partial charge in [0.25, 0.3) is 0 Å². The molecule has 0 heterocycles. The molecule has 0 N–H and O–H groups in total. The van der Waals surface area contributed by atoms with Gasteiger partial charge in [-0.25, -0.2) is 0 Å². The van der Waals surface area contributed by atoms with Gasteiger partial charge < -0.3 is 0 Å². The van der Waals surface area contributed by atoms with Crippen LogP contribution in [0, 0.1) is 13.8 Å². The average Bonchev–Trinajstić information content (AvgIpc) is 2.11. The van der Waals surface area contributed by atoms with Crippen LogP contribution in [0.25, 0.3) is 0 Å². The van der Waals surface area contributed by atoms with Crippen LogP contribution >= 0.6 is 12.6 Å². The first-order valence-corrected chi connectivity index (χ1v) is 4.98. The van der Waals surface area contributed by atoms with E-state index in [2.05, 4.69) is 44.7 Å². The lowest BCUT2D eigenvalue weighted by Crippen LogP contribution is -1.88. The zero-order valence-electron chi connectivity index (χ0n) is 8.46. The maximum atomic E-state index is 4.36. The molecule has 1 aromatic rings. The Morgan fingerprint density at radius 2 is 2.00 bits per heavy atom. The van der Waals surface area contributed by atoms with E-state index in [1.54, 1.807) is 0 Å². The molecule has 0 aromatic heterocycles. The fourth-order valence-corrected chi connectivity index (χ4v) is 1.41. The Balaban J connectivity index is 2.86. The largest absolute Gasteiger partial charge is 0.148 e. The lowest BCUT2D eigenvalue weighted by molar-refractivity contribution is 1.20. The van der Waals surface area contributed by atoms with Crippen molar-refractivity contribution in [2.75, 3.05) is 0 Å². The summed E-state index contributed by atoms with van der Waals surface area (Å²) in [7, 11) is 0. The fraction of sp³-hybridized carbons (Fsp3) is 0.333. The molecule has 0 saturated heterocycles. The molecule has 0 bridgehead atoms. The predicted molar refractivity (Wildman–Crippen MR) is 62.4 cm³/mol. The second-order valence-electron chi connectivity index (χ2n) is 3.38. The smallest absolute Gasteiger partial charge is 0.00286 e. The van der Waals surface area contributed by atoms with Crippen molar-refractivity contribution in [2.24, 2.45) is 0 Å². The monoisotopic (exact) mass is 192 g/mol. The average molecular weight is 192 g/mol. The minimum absolute atomic E-state index is 0.945. The molecule has 0 radical (unpaired) electrons. The summed E-state index contributed by atoms with van der Waals surface area (Å²) in [6.45, 7) is 6.30. The standard InChI is InChI=1S/C12H16S/c1-4-12(13)8-11-6-5-9(2)10(3)7-11/h4-7,13H,8H2,1-3H3/b12-4+. The Kier molecular flexibility index (Phi) is 3.61. The normalized spacial score (nSPS) is 11.8. The van der Waals surface area contributed by atoms with Crippen molar-refractivity contribution >= 4 is 12.6 Å². The molecule has 1 aromatic carbocycles. The van der Waals surface area contributed by atoms with Gasteiger partial charge in [0.2, 0.25) is 0 Å². The second-order valence-corrected chi connectivity index (χ2v) is 3.95. The predicted octanol–water partition coefficient (Wildman–Crippen LogP) is 3.68. The van der Waals surface area contributed by atoms with Gasteiger partial charge in [0.15, 0.2) is 0 Å². The van der Waals surface area contributed by atoms with E-state index in [1.165, 1.54) is 16.7 Å².